The third kappa shape index (κ3) is 3.92. The molecule has 0 aliphatic carbocycles. The van der Waals surface area contributed by atoms with Crippen LogP contribution in [0, 0.1) is 5.41 Å². The van der Waals surface area contributed by atoms with Crippen LogP contribution in [0.2, 0.25) is 0 Å². The molecule has 1 amide bonds. The first-order chi connectivity index (χ1) is 11.6. The summed E-state index contributed by atoms with van der Waals surface area (Å²) in [7, 11) is 1.69. The summed E-state index contributed by atoms with van der Waals surface area (Å²) >= 11 is 0. The minimum Gasteiger partial charge on any atom is -0.497 e. The molecule has 2 fully saturated rings. The molecule has 0 bridgehead atoms. The number of benzene rings is 1. The summed E-state index contributed by atoms with van der Waals surface area (Å²) < 4.78 is 5.21. The van der Waals surface area contributed by atoms with Crippen LogP contribution in [0.4, 0.5) is 0 Å². The quantitative estimate of drug-likeness (QED) is 0.902. The predicted octanol–water partition coefficient (Wildman–Crippen LogP) is 3.01. The summed E-state index contributed by atoms with van der Waals surface area (Å²) in [6.45, 7) is 5.36. The highest BCUT2D eigenvalue weighted by atomic mass is 16.5. The van der Waals surface area contributed by atoms with Crippen molar-refractivity contribution in [1.82, 2.24) is 10.2 Å². The lowest BCUT2D eigenvalue weighted by molar-refractivity contribution is -0.141. The molecule has 2 heterocycles. The third-order valence-electron chi connectivity index (χ3n) is 5.90. The van der Waals surface area contributed by atoms with Gasteiger partial charge < -0.3 is 15.0 Å². The monoisotopic (exact) mass is 330 g/mol. The highest BCUT2D eigenvalue weighted by molar-refractivity contribution is 5.77. The lowest BCUT2D eigenvalue weighted by Crippen LogP contribution is -2.53. The van der Waals surface area contributed by atoms with Gasteiger partial charge in [0.2, 0.25) is 5.91 Å². The Hall–Kier alpha value is -1.55. The number of hydrogen-bond acceptors (Lipinski definition) is 3. The number of hydrogen-bond donors (Lipinski definition) is 1. The number of rotatable bonds is 5. The number of amides is 1. The van der Waals surface area contributed by atoms with E-state index in [-0.39, 0.29) is 0 Å². The van der Waals surface area contributed by atoms with Crippen LogP contribution in [-0.2, 0) is 11.2 Å². The zero-order chi connectivity index (χ0) is 17.0. The van der Waals surface area contributed by atoms with Gasteiger partial charge in [0.05, 0.1) is 7.11 Å². The normalized spacial score (nSPS) is 21.8. The Labute approximate surface area is 145 Å². The number of carbonyl (C=O) groups excluding carboxylic acids is 1. The molecule has 1 aromatic carbocycles. The first kappa shape index (κ1) is 17.3. The van der Waals surface area contributed by atoms with Crippen LogP contribution in [0.25, 0.3) is 0 Å². The molecule has 0 aromatic heterocycles. The van der Waals surface area contributed by atoms with E-state index in [0.717, 1.165) is 51.1 Å². The van der Waals surface area contributed by atoms with Crippen LogP contribution >= 0.6 is 0 Å². The standard InChI is InChI=1S/C20H30N2O2/c1-16(3-4-17-5-7-18(24-2)8-6-17)22-15-20(10-9-19(22)23)11-13-21-14-12-20/h5-8,16,21H,3-4,9-15H2,1-2H3/t16-/m1/s1. The number of likely N-dealkylation sites (tertiary alicyclic amines) is 1. The molecule has 24 heavy (non-hydrogen) atoms. The van der Waals surface area contributed by atoms with E-state index in [1.807, 2.05) is 12.1 Å². The Bertz CT molecular complexity index is 549. The topological polar surface area (TPSA) is 41.6 Å². The first-order valence-electron chi connectivity index (χ1n) is 9.25. The van der Waals surface area contributed by atoms with Gasteiger partial charge in [0.25, 0.3) is 0 Å². The number of ether oxygens (including phenoxy) is 1. The number of methoxy groups -OCH3 is 1. The predicted molar refractivity (Wildman–Crippen MR) is 96.3 cm³/mol. The van der Waals surface area contributed by atoms with Crippen LogP contribution < -0.4 is 10.1 Å². The fourth-order valence-corrected chi connectivity index (χ4v) is 4.13. The van der Waals surface area contributed by atoms with E-state index >= 15 is 0 Å². The fraction of sp³-hybridized carbons (Fsp3) is 0.650. The van der Waals surface area contributed by atoms with E-state index in [9.17, 15) is 4.79 Å². The summed E-state index contributed by atoms with van der Waals surface area (Å²) in [5.41, 5.74) is 1.68. The molecule has 132 valence electrons. The van der Waals surface area contributed by atoms with Crippen molar-refractivity contribution >= 4 is 5.91 Å². The lowest BCUT2D eigenvalue weighted by atomic mass is 9.72. The molecule has 0 unspecified atom stereocenters. The molecular weight excluding hydrogens is 300 g/mol. The molecular formula is C20H30N2O2. The van der Waals surface area contributed by atoms with Crippen molar-refractivity contribution in [2.45, 2.75) is 51.5 Å². The van der Waals surface area contributed by atoms with Crippen LogP contribution in [0.15, 0.2) is 24.3 Å². The average molecular weight is 330 g/mol. The maximum atomic E-state index is 12.5. The van der Waals surface area contributed by atoms with Gasteiger partial charge in [-0.3, -0.25) is 4.79 Å². The van der Waals surface area contributed by atoms with Gasteiger partial charge in [-0.25, -0.2) is 0 Å². The zero-order valence-electron chi connectivity index (χ0n) is 15.0. The van der Waals surface area contributed by atoms with Crippen molar-refractivity contribution in [1.29, 1.82) is 0 Å². The minimum absolute atomic E-state index is 0.312. The molecule has 4 nitrogen and oxygen atoms in total. The molecule has 3 rings (SSSR count). The lowest BCUT2D eigenvalue weighted by Gasteiger charge is -2.47. The van der Waals surface area contributed by atoms with Crippen molar-refractivity contribution in [2.75, 3.05) is 26.7 Å². The second-order valence-corrected chi connectivity index (χ2v) is 7.51. The summed E-state index contributed by atoms with van der Waals surface area (Å²) in [4.78, 5) is 14.6. The molecule has 0 saturated carbocycles. The fourth-order valence-electron chi connectivity index (χ4n) is 4.13. The van der Waals surface area contributed by atoms with Gasteiger partial charge in [-0.2, -0.15) is 0 Å². The van der Waals surface area contributed by atoms with E-state index in [2.05, 4.69) is 29.3 Å². The Balaban J connectivity index is 1.57. The van der Waals surface area contributed by atoms with Crippen LogP contribution in [-0.4, -0.2) is 43.6 Å². The highest BCUT2D eigenvalue weighted by Gasteiger charge is 2.40. The number of nitrogens with one attached hydrogen (secondary N) is 1. The van der Waals surface area contributed by atoms with E-state index in [1.165, 1.54) is 18.4 Å². The van der Waals surface area contributed by atoms with Gasteiger partial charge in [0.15, 0.2) is 0 Å². The summed E-state index contributed by atoms with van der Waals surface area (Å²) in [5, 5.41) is 3.45. The van der Waals surface area contributed by atoms with E-state index in [4.69, 9.17) is 4.74 Å². The second kappa shape index (κ2) is 7.56. The van der Waals surface area contributed by atoms with Gasteiger partial charge in [-0.15, -0.1) is 0 Å². The van der Waals surface area contributed by atoms with Gasteiger partial charge in [-0.1, -0.05) is 12.1 Å². The Morgan fingerprint density at radius 3 is 2.58 bits per heavy atom. The molecule has 1 aromatic rings. The Morgan fingerprint density at radius 2 is 1.92 bits per heavy atom. The van der Waals surface area contributed by atoms with Crippen molar-refractivity contribution in [3.8, 4) is 5.75 Å². The third-order valence-corrected chi connectivity index (χ3v) is 5.90. The summed E-state index contributed by atoms with van der Waals surface area (Å²) in [6.07, 6.45) is 6.25. The maximum absolute atomic E-state index is 12.5. The van der Waals surface area contributed by atoms with Gasteiger partial charge in [-0.05, 0) is 75.2 Å². The molecule has 0 radical (unpaired) electrons. The molecule has 2 aliphatic heterocycles. The van der Waals surface area contributed by atoms with E-state index < -0.39 is 0 Å². The average Bonchev–Trinajstić information content (AvgIpc) is 2.63. The second-order valence-electron chi connectivity index (χ2n) is 7.51. The maximum Gasteiger partial charge on any atom is 0.222 e. The number of carbonyl (C=O) groups is 1. The van der Waals surface area contributed by atoms with Crippen molar-refractivity contribution < 1.29 is 9.53 Å². The van der Waals surface area contributed by atoms with Gasteiger partial charge >= 0.3 is 0 Å². The van der Waals surface area contributed by atoms with E-state index in [0.29, 0.717) is 17.4 Å². The zero-order valence-corrected chi connectivity index (χ0v) is 15.0. The van der Waals surface area contributed by atoms with Crippen molar-refractivity contribution in [3.05, 3.63) is 29.8 Å². The number of piperidine rings is 2. The van der Waals surface area contributed by atoms with Crippen LogP contribution in [0.5, 0.6) is 5.75 Å². The summed E-state index contributed by atoms with van der Waals surface area (Å²) in [6, 6.07) is 8.58. The molecule has 1 N–H and O–H groups in total. The smallest absolute Gasteiger partial charge is 0.222 e. The van der Waals surface area contributed by atoms with E-state index in [1.54, 1.807) is 7.11 Å². The van der Waals surface area contributed by atoms with Crippen LogP contribution in [0.1, 0.15) is 44.6 Å². The largest absolute Gasteiger partial charge is 0.497 e. The van der Waals surface area contributed by atoms with Crippen molar-refractivity contribution in [2.24, 2.45) is 5.41 Å². The minimum atomic E-state index is 0.312. The Kier molecular flexibility index (Phi) is 5.44. The van der Waals surface area contributed by atoms with Gasteiger partial charge in [0.1, 0.15) is 5.75 Å². The number of aryl methyl sites for hydroxylation is 1. The SMILES string of the molecule is COc1ccc(CC[C@@H](C)N2CC3(CCNCC3)CCC2=O)cc1. The highest BCUT2D eigenvalue weighted by Crippen LogP contribution is 2.39. The summed E-state index contributed by atoms with van der Waals surface area (Å²) in [5.74, 6) is 1.24. The molecule has 4 heteroatoms. The molecule has 1 atom stereocenters. The van der Waals surface area contributed by atoms with Gasteiger partial charge in [0, 0.05) is 19.0 Å². The molecule has 2 aliphatic rings. The van der Waals surface area contributed by atoms with Crippen LogP contribution in [0.3, 0.4) is 0 Å². The first-order valence-corrected chi connectivity index (χ1v) is 9.25. The van der Waals surface area contributed by atoms with Crippen molar-refractivity contribution in [3.63, 3.8) is 0 Å². The Morgan fingerprint density at radius 1 is 1.21 bits per heavy atom. The molecule has 1 spiro atoms. The number of nitrogens with zero attached hydrogens (tertiary/aromatic N) is 1. The molecule has 2 saturated heterocycles.